The Morgan fingerprint density at radius 3 is 2.48 bits per heavy atom. The Morgan fingerprint density at radius 1 is 1.00 bits per heavy atom. The number of hydrogen-bond acceptors (Lipinski definition) is 3. The average molecular weight is 283 g/mol. The Hall–Kier alpha value is -2.00. The van der Waals surface area contributed by atoms with E-state index in [9.17, 15) is 0 Å². The van der Waals surface area contributed by atoms with E-state index in [4.69, 9.17) is 9.47 Å². The molecule has 1 unspecified atom stereocenters. The highest BCUT2D eigenvalue weighted by Gasteiger charge is 2.19. The van der Waals surface area contributed by atoms with Gasteiger partial charge in [-0.15, -0.1) is 0 Å². The molecule has 1 atom stereocenters. The molecule has 110 valence electrons. The fourth-order valence-corrected chi connectivity index (χ4v) is 2.43. The zero-order chi connectivity index (χ0) is 14.5. The molecule has 0 aliphatic carbocycles. The quantitative estimate of drug-likeness (QED) is 0.914. The number of hydrogen-bond donors (Lipinski definition) is 1. The van der Waals surface area contributed by atoms with Crippen LogP contribution in [0.15, 0.2) is 48.5 Å². The molecule has 0 spiro atoms. The van der Waals surface area contributed by atoms with Crippen molar-refractivity contribution in [2.75, 3.05) is 13.2 Å². The van der Waals surface area contributed by atoms with Gasteiger partial charge in [-0.2, -0.15) is 0 Å². The standard InChI is InChI=1S/C18H21NO2/c1-2-14-7-9-15(10-8-14)11-19-12-16-13-20-17-5-3-4-6-18(17)21-16/h3-10,16,19H,2,11-13H2,1H3. The number of aryl methyl sites for hydroxylation is 1. The van der Waals surface area contributed by atoms with Crippen LogP contribution in [0.3, 0.4) is 0 Å². The summed E-state index contributed by atoms with van der Waals surface area (Å²) in [5.41, 5.74) is 2.67. The molecule has 3 nitrogen and oxygen atoms in total. The van der Waals surface area contributed by atoms with E-state index in [-0.39, 0.29) is 6.10 Å². The summed E-state index contributed by atoms with van der Waals surface area (Å²) in [6.45, 7) is 4.40. The van der Waals surface area contributed by atoms with Crippen LogP contribution >= 0.6 is 0 Å². The molecule has 3 heteroatoms. The number of para-hydroxylation sites is 2. The smallest absolute Gasteiger partial charge is 0.161 e. The highest BCUT2D eigenvalue weighted by atomic mass is 16.6. The summed E-state index contributed by atoms with van der Waals surface area (Å²) in [7, 11) is 0. The van der Waals surface area contributed by atoms with E-state index in [0.717, 1.165) is 31.0 Å². The van der Waals surface area contributed by atoms with Crippen molar-refractivity contribution >= 4 is 0 Å². The first-order valence-corrected chi connectivity index (χ1v) is 7.52. The Bertz CT molecular complexity index is 580. The Morgan fingerprint density at radius 2 is 1.71 bits per heavy atom. The zero-order valence-corrected chi connectivity index (χ0v) is 12.3. The van der Waals surface area contributed by atoms with Gasteiger partial charge in [-0.05, 0) is 29.7 Å². The Labute approximate surface area is 125 Å². The third kappa shape index (κ3) is 3.56. The molecular weight excluding hydrogens is 262 g/mol. The van der Waals surface area contributed by atoms with Gasteiger partial charge in [-0.3, -0.25) is 0 Å². The minimum Gasteiger partial charge on any atom is -0.486 e. The van der Waals surface area contributed by atoms with Crippen molar-refractivity contribution in [2.24, 2.45) is 0 Å². The van der Waals surface area contributed by atoms with Crippen LogP contribution in [0.5, 0.6) is 11.5 Å². The van der Waals surface area contributed by atoms with Crippen LogP contribution in [0.2, 0.25) is 0 Å². The lowest BCUT2D eigenvalue weighted by Gasteiger charge is -2.26. The second-order valence-corrected chi connectivity index (χ2v) is 5.30. The van der Waals surface area contributed by atoms with Crippen LogP contribution in [-0.2, 0) is 13.0 Å². The first-order chi connectivity index (χ1) is 10.3. The molecule has 2 aromatic carbocycles. The highest BCUT2D eigenvalue weighted by molar-refractivity contribution is 5.40. The summed E-state index contributed by atoms with van der Waals surface area (Å²) in [4.78, 5) is 0. The summed E-state index contributed by atoms with van der Waals surface area (Å²) in [5, 5.41) is 3.43. The van der Waals surface area contributed by atoms with Crippen LogP contribution in [0.4, 0.5) is 0 Å². The van der Waals surface area contributed by atoms with Gasteiger partial charge in [0, 0.05) is 13.1 Å². The maximum absolute atomic E-state index is 5.92. The Balaban J connectivity index is 1.48. The fraction of sp³-hybridized carbons (Fsp3) is 0.333. The lowest BCUT2D eigenvalue weighted by atomic mass is 10.1. The van der Waals surface area contributed by atoms with Gasteiger partial charge in [0.1, 0.15) is 12.7 Å². The lowest BCUT2D eigenvalue weighted by Crippen LogP contribution is -2.38. The summed E-state index contributed by atoms with van der Waals surface area (Å²) in [6, 6.07) is 16.5. The molecule has 0 saturated heterocycles. The molecule has 2 aromatic rings. The minimum atomic E-state index is 0.0646. The molecule has 3 rings (SSSR count). The second kappa shape index (κ2) is 6.64. The molecule has 21 heavy (non-hydrogen) atoms. The SMILES string of the molecule is CCc1ccc(CNCC2COc3ccccc3O2)cc1. The minimum absolute atomic E-state index is 0.0646. The molecule has 0 saturated carbocycles. The largest absolute Gasteiger partial charge is 0.486 e. The summed E-state index contributed by atoms with van der Waals surface area (Å²) in [5.74, 6) is 1.67. The third-order valence-electron chi connectivity index (χ3n) is 3.70. The van der Waals surface area contributed by atoms with E-state index in [1.54, 1.807) is 0 Å². The molecule has 1 aliphatic rings. The van der Waals surface area contributed by atoms with E-state index in [1.165, 1.54) is 11.1 Å². The van der Waals surface area contributed by atoms with Gasteiger partial charge in [-0.1, -0.05) is 43.3 Å². The van der Waals surface area contributed by atoms with Crippen molar-refractivity contribution in [2.45, 2.75) is 26.0 Å². The van der Waals surface area contributed by atoms with Gasteiger partial charge in [0.25, 0.3) is 0 Å². The number of ether oxygens (including phenoxy) is 2. The van der Waals surface area contributed by atoms with Gasteiger partial charge in [0.15, 0.2) is 11.5 Å². The summed E-state index contributed by atoms with van der Waals surface area (Å²) in [6.07, 6.45) is 1.15. The predicted molar refractivity (Wildman–Crippen MR) is 83.9 cm³/mol. The van der Waals surface area contributed by atoms with Gasteiger partial charge in [0.05, 0.1) is 0 Å². The van der Waals surface area contributed by atoms with Crippen molar-refractivity contribution in [3.8, 4) is 11.5 Å². The molecule has 0 amide bonds. The molecule has 1 heterocycles. The van der Waals surface area contributed by atoms with Crippen LogP contribution in [0.1, 0.15) is 18.1 Å². The second-order valence-electron chi connectivity index (χ2n) is 5.30. The Kier molecular flexibility index (Phi) is 4.41. The summed E-state index contributed by atoms with van der Waals surface area (Å²) >= 11 is 0. The number of benzene rings is 2. The van der Waals surface area contributed by atoms with Gasteiger partial charge < -0.3 is 14.8 Å². The van der Waals surface area contributed by atoms with Crippen LogP contribution in [0.25, 0.3) is 0 Å². The van der Waals surface area contributed by atoms with Crippen molar-refractivity contribution in [3.63, 3.8) is 0 Å². The van der Waals surface area contributed by atoms with E-state index in [1.807, 2.05) is 24.3 Å². The number of fused-ring (bicyclic) bond motifs is 1. The van der Waals surface area contributed by atoms with E-state index in [2.05, 4.69) is 36.5 Å². The normalized spacial score (nSPS) is 16.7. The van der Waals surface area contributed by atoms with Crippen LogP contribution in [0, 0.1) is 0 Å². The molecule has 0 bridgehead atoms. The number of rotatable bonds is 5. The first kappa shape index (κ1) is 14.0. The molecule has 0 aromatic heterocycles. The van der Waals surface area contributed by atoms with Crippen molar-refractivity contribution in [3.05, 3.63) is 59.7 Å². The monoisotopic (exact) mass is 283 g/mol. The van der Waals surface area contributed by atoms with Crippen molar-refractivity contribution in [1.82, 2.24) is 5.32 Å². The maximum Gasteiger partial charge on any atom is 0.161 e. The van der Waals surface area contributed by atoms with Gasteiger partial charge >= 0.3 is 0 Å². The van der Waals surface area contributed by atoms with Gasteiger partial charge in [-0.25, -0.2) is 0 Å². The van der Waals surface area contributed by atoms with Gasteiger partial charge in [0.2, 0.25) is 0 Å². The first-order valence-electron chi connectivity index (χ1n) is 7.52. The molecular formula is C18H21NO2. The highest BCUT2D eigenvalue weighted by Crippen LogP contribution is 2.30. The predicted octanol–water partition coefficient (Wildman–Crippen LogP) is 3.18. The lowest BCUT2D eigenvalue weighted by molar-refractivity contribution is 0.0902. The average Bonchev–Trinajstić information content (AvgIpc) is 2.55. The molecule has 1 aliphatic heterocycles. The van der Waals surface area contributed by atoms with Crippen molar-refractivity contribution in [1.29, 1.82) is 0 Å². The zero-order valence-electron chi connectivity index (χ0n) is 12.3. The number of nitrogens with one attached hydrogen (secondary N) is 1. The molecule has 0 fully saturated rings. The van der Waals surface area contributed by atoms with Crippen LogP contribution < -0.4 is 14.8 Å². The summed E-state index contributed by atoms with van der Waals surface area (Å²) < 4.78 is 11.6. The van der Waals surface area contributed by atoms with Crippen molar-refractivity contribution < 1.29 is 9.47 Å². The topological polar surface area (TPSA) is 30.5 Å². The van der Waals surface area contributed by atoms with Crippen LogP contribution in [-0.4, -0.2) is 19.3 Å². The maximum atomic E-state index is 5.92. The van der Waals surface area contributed by atoms with E-state index >= 15 is 0 Å². The van der Waals surface area contributed by atoms with E-state index in [0.29, 0.717) is 6.61 Å². The molecule has 0 radical (unpaired) electrons. The third-order valence-corrected chi connectivity index (χ3v) is 3.70. The fourth-order valence-electron chi connectivity index (χ4n) is 2.43. The molecule has 1 N–H and O–H groups in total. The van der Waals surface area contributed by atoms with E-state index < -0.39 is 0 Å².